The minimum Gasteiger partial charge on any atom is -0.310 e. The second-order valence-electron chi connectivity index (χ2n) is 4.41. The summed E-state index contributed by atoms with van der Waals surface area (Å²) in [5.74, 6) is 1.29. The summed E-state index contributed by atoms with van der Waals surface area (Å²) in [7, 11) is 0. The maximum atomic E-state index is 3.66. The second kappa shape index (κ2) is 9.55. The Labute approximate surface area is 110 Å². The van der Waals surface area contributed by atoms with E-state index in [4.69, 9.17) is 0 Å². The van der Waals surface area contributed by atoms with Gasteiger partial charge in [-0.05, 0) is 43.4 Å². The number of hydrogen-bond donors (Lipinski definition) is 1. The predicted molar refractivity (Wildman–Crippen MR) is 79.7 cm³/mol. The van der Waals surface area contributed by atoms with Crippen LogP contribution in [-0.2, 0) is 0 Å². The smallest absolute Gasteiger partial charge is 0.0320 e. The zero-order valence-electron chi connectivity index (χ0n) is 11.1. The number of nitrogens with one attached hydrogen (secondary N) is 1. The first-order valence-electron chi connectivity index (χ1n) is 6.65. The van der Waals surface area contributed by atoms with Gasteiger partial charge in [0.15, 0.2) is 0 Å². The molecular formula is C15H25NS. The fraction of sp³-hybridized carbons (Fsp3) is 0.600. The average Bonchev–Trinajstić information content (AvgIpc) is 2.39. The molecule has 0 radical (unpaired) electrons. The topological polar surface area (TPSA) is 12.0 Å². The van der Waals surface area contributed by atoms with E-state index < -0.39 is 0 Å². The van der Waals surface area contributed by atoms with Crippen molar-refractivity contribution in [1.29, 1.82) is 0 Å². The first kappa shape index (κ1) is 14.6. The van der Waals surface area contributed by atoms with E-state index in [1.165, 1.54) is 37.0 Å². The summed E-state index contributed by atoms with van der Waals surface area (Å²) in [6.45, 7) is 3.34. The molecule has 2 heteroatoms. The van der Waals surface area contributed by atoms with Gasteiger partial charge in [0.05, 0.1) is 0 Å². The highest BCUT2D eigenvalue weighted by atomic mass is 32.2. The Hall–Kier alpha value is -0.470. The fourth-order valence-corrected chi connectivity index (χ4v) is 2.48. The van der Waals surface area contributed by atoms with Gasteiger partial charge in [0.2, 0.25) is 0 Å². The molecule has 0 bridgehead atoms. The van der Waals surface area contributed by atoms with Crippen molar-refractivity contribution in [2.75, 3.05) is 18.6 Å². The van der Waals surface area contributed by atoms with Gasteiger partial charge in [-0.15, -0.1) is 0 Å². The van der Waals surface area contributed by atoms with Crippen LogP contribution in [0.1, 0.15) is 44.2 Å². The third-order valence-corrected chi connectivity index (χ3v) is 3.63. The predicted octanol–water partition coefficient (Wildman–Crippen LogP) is 4.26. The Bertz CT molecular complexity index is 274. The molecule has 0 heterocycles. The molecule has 17 heavy (non-hydrogen) atoms. The number of unbranched alkanes of at least 4 members (excludes halogenated alkanes) is 1. The van der Waals surface area contributed by atoms with Crippen molar-refractivity contribution in [2.45, 2.75) is 38.6 Å². The Morgan fingerprint density at radius 2 is 1.94 bits per heavy atom. The van der Waals surface area contributed by atoms with Gasteiger partial charge in [0.25, 0.3) is 0 Å². The van der Waals surface area contributed by atoms with Crippen LogP contribution in [0, 0.1) is 0 Å². The number of hydrogen-bond acceptors (Lipinski definition) is 2. The average molecular weight is 251 g/mol. The summed E-state index contributed by atoms with van der Waals surface area (Å²) in [5, 5.41) is 3.66. The quantitative estimate of drug-likeness (QED) is 0.658. The highest BCUT2D eigenvalue weighted by Gasteiger charge is 2.09. The first-order valence-corrected chi connectivity index (χ1v) is 8.05. The van der Waals surface area contributed by atoms with E-state index in [1.807, 2.05) is 11.8 Å². The lowest BCUT2D eigenvalue weighted by atomic mass is 10.0. The molecule has 0 aliphatic heterocycles. The molecule has 1 N–H and O–H groups in total. The summed E-state index contributed by atoms with van der Waals surface area (Å²) in [5.41, 5.74) is 1.44. The van der Waals surface area contributed by atoms with Crippen molar-refractivity contribution < 1.29 is 0 Å². The van der Waals surface area contributed by atoms with Crippen LogP contribution in [0.15, 0.2) is 30.3 Å². The van der Waals surface area contributed by atoms with E-state index in [2.05, 4.69) is 48.8 Å². The molecule has 1 atom stereocenters. The summed E-state index contributed by atoms with van der Waals surface area (Å²) in [6.07, 6.45) is 7.29. The summed E-state index contributed by atoms with van der Waals surface area (Å²) in [6, 6.07) is 11.4. The Morgan fingerprint density at radius 1 is 1.18 bits per heavy atom. The molecule has 0 spiro atoms. The van der Waals surface area contributed by atoms with Gasteiger partial charge in [0.1, 0.15) is 0 Å². The third-order valence-electron chi connectivity index (χ3n) is 2.93. The maximum Gasteiger partial charge on any atom is 0.0320 e. The van der Waals surface area contributed by atoms with Gasteiger partial charge in [-0.1, -0.05) is 43.7 Å². The normalized spacial score (nSPS) is 12.6. The summed E-state index contributed by atoms with van der Waals surface area (Å²) >= 11 is 1.95. The summed E-state index contributed by atoms with van der Waals surface area (Å²) in [4.78, 5) is 0. The largest absolute Gasteiger partial charge is 0.310 e. The molecule has 0 aliphatic carbocycles. The van der Waals surface area contributed by atoms with Crippen molar-refractivity contribution in [3.63, 3.8) is 0 Å². The molecule has 0 aromatic heterocycles. The van der Waals surface area contributed by atoms with Gasteiger partial charge in [0, 0.05) is 6.04 Å². The molecule has 0 amide bonds. The molecular weight excluding hydrogens is 226 g/mol. The van der Waals surface area contributed by atoms with Gasteiger partial charge in [-0.3, -0.25) is 0 Å². The monoisotopic (exact) mass is 251 g/mol. The van der Waals surface area contributed by atoms with Crippen LogP contribution in [-0.4, -0.2) is 18.6 Å². The lowest BCUT2D eigenvalue weighted by Crippen LogP contribution is -2.22. The molecule has 0 fully saturated rings. The molecule has 1 rings (SSSR count). The minimum atomic E-state index is 0.540. The molecule has 96 valence electrons. The SMILES string of the molecule is CCCNC(CCCCSC)c1ccccc1. The van der Waals surface area contributed by atoms with Crippen LogP contribution in [0.3, 0.4) is 0 Å². The highest BCUT2D eigenvalue weighted by Crippen LogP contribution is 2.19. The highest BCUT2D eigenvalue weighted by molar-refractivity contribution is 7.98. The van der Waals surface area contributed by atoms with E-state index in [0.29, 0.717) is 6.04 Å². The van der Waals surface area contributed by atoms with Crippen molar-refractivity contribution >= 4 is 11.8 Å². The van der Waals surface area contributed by atoms with Gasteiger partial charge in [-0.2, -0.15) is 11.8 Å². The van der Waals surface area contributed by atoms with Crippen LogP contribution in [0.4, 0.5) is 0 Å². The van der Waals surface area contributed by atoms with E-state index in [9.17, 15) is 0 Å². The van der Waals surface area contributed by atoms with Crippen molar-refractivity contribution in [2.24, 2.45) is 0 Å². The van der Waals surface area contributed by atoms with Crippen LogP contribution >= 0.6 is 11.8 Å². The van der Waals surface area contributed by atoms with Crippen molar-refractivity contribution in [3.8, 4) is 0 Å². The van der Waals surface area contributed by atoms with Crippen molar-refractivity contribution in [1.82, 2.24) is 5.32 Å². The number of thioether (sulfide) groups is 1. The first-order chi connectivity index (χ1) is 8.38. The second-order valence-corrected chi connectivity index (χ2v) is 5.39. The lowest BCUT2D eigenvalue weighted by molar-refractivity contribution is 0.482. The van der Waals surface area contributed by atoms with Crippen LogP contribution in [0.2, 0.25) is 0 Å². The van der Waals surface area contributed by atoms with Gasteiger partial charge < -0.3 is 5.32 Å². The number of benzene rings is 1. The molecule has 1 aromatic carbocycles. The Balaban J connectivity index is 2.43. The van der Waals surface area contributed by atoms with E-state index in [1.54, 1.807) is 0 Å². The Kier molecular flexibility index (Phi) is 8.20. The third kappa shape index (κ3) is 6.13. The summed E-state index contributed by atoms with van der Waals surface area (Å²) < 4.78 is 0. The molecule has 1 nitrogen and oxygen atoms in total. The maximum absolute atomic E-state index is 3.66. The van der Waals surface area contributed by atoms with Gasteiger partial charge in [-0.25, -0.2) is 0 Å². The zero-order valence-corrected chi connectivity index (χ0v) is 11.9. The zero-order chi connectivity index (χ0) is 12.3. The fourth-order valence-electron chi connectivity index (χ4n) is 1.99. The standard InChI is InChI=1S/C15H25NS/c1-3-12-16-15(11-7-8-13-17-2)14-9-5-4-6-10-14/h4-6,9-10,15-16H,3,7-8,11-13H2,1-2H3. The van der Waals surface area contributed by atoms with Crippen molar-refractivity contribution in [3.05, 3.63) is 35.9 Å². The molecule has 0 saturated heterocycles. The minimum absolute atomic E-state index is 0.540. The van der Waals surface area contributed by atoms with E-state index in [0.717, 1.165) is 6.54 Å². The molecule has 0 aliphatic rings. The Morgan fingerprint density at radius 3 is 2.59 bits per heavy atom. The van der Waals surface area contributed by atoms with Crippen LogP contribution in [0.5, 0.6) is 0 Å². The van der Waals surface area contributed by atoms with Gasteiger partial charge >= 0.3 is 0 Å². The molecule has 1 aromatic rings. The van der Waals surface area contributed by atoms with E-state index in [-0.39, 0.29) is 0 Å². The molecule has 0 saturated carbocycles. The van der Waals surface area contributed by atoms with Crippen LogP contribution in [0.25, 0.3) is 0 Å². The lowest BCUT2D eigenvalue weighted by Gasteiger charge is -2.18. The van der Waals surface area contributed by atoms with Crippen LogP contribution < -0.4 is 5.32 Å². The molecule has 1 unspecified atom stereocenters. The number of rotatable bonds is 9. The van der Waals surface area contributed by atoms with E-state index >= 15 is 0 Å².